The Hall–Kier alpha value is -1.88. The molecule has 1 aliphatic rings. The molecule has 110 valence electrons. The van der Waals surface area contributed by atoms with Crippen molar-refractivity contribution < 1.29 is 0 Å². The molecule has 4 nitrogen and oxygen atoms in total. The summed E-state index contributed by atoms with van der Waals surface area (Å²) in [5.41, 5.74) is 3.52. The molecule has 2 N–H and O–H groups in total. The van der Waals surface area contributed by atoms with E-state index in [1.54, 1.807) is 6.33 Å². The minimum absolute atomic E-state index is 0.0833. The number of aromatic amines is 1. The average Bonchev–Trinajstić information content (AvgIpc) is 2.94. The predicted molar refractivity (Wildman–Crippen MR) is 88.2 cm³/mol. The molecule has 0 spiro atoms. The lowest BCUT2D eigenvalue weighted by atomic mass is 9.96. The van der Waals surface area contributed by atoms with Crippen molar-refractivity contribution in [3.05, 3.63) is 53.6 Å². The van der Waals surface area contributed by atoms with Crippen LogP contribution in [0.1, 0.15) is 36.8 Å². The third-order valence-corrected chi connectivity index (χ3v) is 4.07. The number of hydrogen-bond donors (Lipinski definition) is 2. The monoisotopic (exact) mass is 300 g/mol. The fourth-order valence-electron chi connectivity index (χ4n) is 2.80. The number of rotatable bonds is 2. The molecule has 3 rings (SSSR count). The zero-order chi connectivity index (χ0) is 14.8. The first-order valence-corrected chi connectivity index (χ1v) is 7.72. The molecule has 2 heterocycles. The second kappa shape index (κ2) is 5.85. The molecule has 1 aromatic heterocycles. The van der Waals surface area contributed by atoms with Crippen LogP contribution in [0.4, 0.5) is 0 Å². The van der Waals surface area contributed by atoms with Crippen molar-refractivity contribution in [3.63, 3.8) is 0 Å². The molecule has 0 saturated heterocycles. The molecule has 1 aliphatic heterocycles. The maximum absolute atomic E-state index is 5.61. The molecular weight excluding hydrogens is 280 g/mol. The van der Waals surface area contributed by atoms with Crippen molar-refractivity contribution >= 4 is 17.3 Å². The summed E-state index contributed by atoms with van der Waals surface area (Å²) in [6.45, 7) is 5.11. The van der Waals surface area contributed by atoms with Gasteiger partial charge in [-0.05, 0) is 31.6 Å². The Labute approximate surface area is 130 Å². The lowest BCUT2D eigenvalue weighted by Gasteiger charge is -2.37. The van der Waals surface area contributed by atoms with Crippen LogP contribution in [0, 0.1) is 0 Å². The number of benzene rings is 1. The third-order valence-electron chi connectivity index (χ3n) is 3.71. The lowest BCUT2D eigenvalue weighted by molar-refractivity contribution is 0.324. The fourth-order valence-corrected chi connectivity index (χ4v) is 3.23. The zero-order valence-electron chi connectivity index (χ0n) is 12.3. The second-order valence-corrected chi connectivity index (χ2v) is 6.01. The highest BCUT2D eigenvalue weighted by atomic mass is 32.1. The largest absolute Gasteiger partial charge is 0.360 e. The van der Waals surface area contributed by atoms with Crippen LogP contribution in [-0.2, 0) is 6.42 Å². The van der Waals surface area contributed by atoms with E-state index in [1.807, 2.05) is 6.07 Å². The number of nitrogens with one attached hydrogen (secondary N) is 2. The minimum atomic E-state index is 0.0833. The number of H-pyrrole nitrogens is 1. The van der Waals surface area contributed by atoms with Gasteiger partial charge in [0.05, 0.1) is 12.0 Å². The highest BCUT2D eigenvalue weighted by Crippen LogP contribution is 2.33. The van der Waals surface area contributed by atoms with Gasteiger partial charge in [0.15, 0.2) is 5.11 Å². The normalized spacial score (nSPS) is 17.7. The van der Waals surface area contributed by atoms with Crippen molar-refractivity contribution in [2.45, 2.75) is 32.4 Å². The van der Waals surface area contributed by atoms with Crippen LogP contribution in [0.5, 0.6) is 0 Å². The molecule has 0 saturated carbocycles. The topological polar surface area (TPSA) is 44.0 Å². The van der Waals surface area contributed by atoms with Crippen LogP contribution >= 0.6 is 12.2 Å². The van der Waals surface area contributed by atoms with E-state index in [0.29, 0.717) is 6.04 Å². The van der Waals surface area contributed by atoms with Gasteiger partial charge in [0, 0.05) is 24.7 Å². The van der Waals surface area contributed by atoms with Crippen LogP contribution in [-0.4, -0.2) is 32.6 Å². The van der Waals surface area contributed by atoms with Gasteiger partial charge in [-0.3, -0.25) is 0 Å². The van der Waals surface area contributed by atoms with E-state index in [2.05, 4.69) is 58.3 Å². The molecule has 1 atom stereocenters. The summed E-state index contributed by atoms with van der Waals surface area (Å²) in [7, 11) is 0. The Morgan fingerprint density at radius 1 is 1.38 bits per heavy atom. The maximum Gasteiger partial charge on any atom is 0.169 e. The van der Waals surface area contributed by atoms with Crippen molar-refractivity contribution in [1.29, 1.82) is 0 Å². The van der Waals surface area contributed by atoms with Crippen LogP contribution in [0.25, 0.3) is 0 Å². The first-order valence-electron chi connectivity index (χ1n) is 7.31. The summed E-state index contributed by atoms with van der Waals surface area (Å²) in [6.07, 6.45) is 2.72. The summed E-state index contributed by atoms with van der Waals surface area (Å²) in [5, 5.41) is 4.15. The van der Waals surface area contributed by atoms with Crippen molar-refractivity contribution in [2.24, 2.45) is 0 Å². The van der Waals surface area contributed by atoms with Gasteiger partial charge in [0.25, 0.3) is 0 Å². The summed E-state index contributed by atoms with van der Waals surface area (Å²) in [6, 6.07) is 10.8. The highest BCUT2D eigenvalue weighted by molar-refractivity contribution is 7.80. The molecule has 1 aromatic carbocycles. The van der Waals surface area contributed by atoms with Gasteiger partial charge in [-0.15, -0.1) is 0 Å². The van der Waals surface area contributed by atoms with Gasteiger partial charge < -0.3 is 15.2 Å². The standard InChI is InChI=1S/C16H20N4S/c1-11(2)19-16(21)20-9-8-13-14(18-10-17-13)15(20)12-6-4-3-5-7-12/h3-7,10-11,15H,8-9H2,1-2H3,(H,17,18)(H,19,21)/t15-/m1/s1. The number of thiocarbonyl (C=S) groups is 1. The lowest BCUT2D eigenvalue weighted by Crippen LogP contribution is -2.47. The highest BCUT2D eigenvalue weighted by Gasteiger charge is 2.32. The summed E-state index contributed by atoms with van der Waals surface area (Å²) >= 11 is 5.61. The van der Waals surface area contributed by atoms with Crippen LogP contribution in [0.15, 0.2) is 36.7 Å². The predicted octanol–water partition coefficient (Wildman–Crippen LogP) is 2.64. The van der Waals surface area contributed by atoms with Gasteiger partial charge in [0.2, 0.25) is 0 Å². The molecule has 0 unspecified atom stereocenters. The quantitative estimate of drug-likeness (QED) is 0.837. The zero-order valence-corrected chi connectivity index (χ0v) is 13.2. The van der Waals surface area contributed by atoms with E-state index in [1.165, 1.54) is 11.3 Å². The minimum Gasteiger partial charge on any atom is -0.360 e. The number of aromatic nitrogens is 2. The van der Waals surface area contributed by atoms with Gasteiger partial charge in [-0.1, -0.05) is 30.3 Å². The molecule has 0 bridgehead atoms. The average molecular weight is 300 g/mol. The van der Waals surface area contributed by atoms with E-state index >= 15 is 0 Å². The van der Waals surface area contributed by atoms with Crippen LogP contribution < -0.4 is 5.32 Å². The molecule has 0 amide bonds. The molecular formula is C16H20N4S. The van der Waals surface area contributed by atoms with Crippen LogP contribution in [0.2, 0.25) is 0 Å². The number of fused-ring (bicyclic) bond motifs is 1. The van der Waals surface area contributed by atoms with Gasteiger partial charge >= 0.3 is 0 Å². The van der Waals surface area contributed by atoms with E-state index in [0.717, 1.165) is 23.8 Å². The SMILES string of the molecule is CC(C)NC(=S)N1CCc2[nH]cnc2[C@H]1c1ccccc1. The molecule has 0 fully saturated rings. The summed E-state index contributed by atoms with van der Waals surface area (Å²) in [4.78, 5) is 10.0. The van der Waals surface area contributed by atoms with Gasteiger partial charge in [0.1, 0.15) is 6.04 Å². The number of hydrogen-bond acceptors (Lipinski definition) is 2. The Balaban J connectivity index is 1.98. The van der Waals surface area contributed by atoms with Crippen molar-refractivity contribution in [2.75, 3.05) is 6.54 Å². The van der Waals surface area contributed by atoms with Gasteiger partial charge in [-0.25, -0.2) is 4.98 Å². The van der Waals surface area contributed by atoms with Crippen molar-refractivity contribution in [1.82, 2.24) is 20.2 Å². The molecule has 5 heteroatoms. The van der Waals surface area contributed by atoms with E-state index < -0.39 is 0 Å². The first-order chi connectivity index (χ1) is 10.2. The second-order valence-electron chi connectivity index (χ2n) is 5.63. The first kappa shape index (κ1) is 14.1. The number of imidazole rings is 1. The molecule has 0 aliphatic carbocycles. The fraction of sp³-hybridized carbons (Fsp3) is 0.375. The molecule has 21 heavy (non-hydrogen) atoms. The smallest absolute Gasteiger partial charge is 0.169 e. The van der Waals surface area contributed by atoms with Crippen molar-refractivity contribution in [3.8, 4) is 0 Å². The summed E-state index contributed by atoms with van der Waals surface area (Å²) < 4.78 is 0. The van der Waals surface area contributed by atoms with Crippen LogP contribution in [0.3, 0.4) is 0 Å². The van der Waals surface area contributed by atoms with E-state index in [9.17, 15) is 0 Å². The molecule has 2 aromatic rings. The van der Waals surface area contributed by atoms with E-state index in [-0.39, 0.29) is 6.04 Å². The number of nitrogens with zero attached hydrogens (tertiary/aromatic N) is 2. The van der Waals surface area contributed by atoms with E-state index in [4.69, 9.17) is 12.2 Å². The van der Waals surface area contributed by atoms with Gasteiger partial charge in [-0.2, -0.15) is 0 Å². The Kier molecular flexibility index (Phi) is 3.92. The maximum atomic E-state index is 5.61. The Bertz CT molecular complexity index is 620. The molecule has 0 radical (unpaired) electrons. The third kappa shape index (κ3) is 2.78. The Morgan fingerprint density at radius 3 is 2.86 bits per heavy atom. The summed E-state index contributed by atoms with van der Waals surface area (Å²) in [5.74, 6) is 0. The Morgan fingerprint density at radius 2 is 2.14 bits per heavy atom.